The summed E-state index contributed by atoms with van der Waals surface area (Å²) in [5.41, 5.74) is -0.0432. The van der Waals surface area contributed by atoms with E-state index in [1.165, 1.54) is 12.1 Å². The molecule has 0 radical (unpaired) electrons. The molecule has 0 aliphatic rings. The Hall–Kier alpha value is -1.45. The molecule has 3 N–H and O–H groups in total. The quantitative estimate of drug-likeness (QED) is 0.681. The van der Waals surface area contributed by atoms with E-state index >= 15 is 0 Å². The van der Waals surface area contributed by atoms with E-state index in [4.69, 9.17) is 5.11 Å². The summed E-state index contributed by atoms with van der Waals surface area (Å²) >= 11 is 3.02. The number of sulfonamides is 1. The number of aromatic carboxylic acids is 1. The molecule has 0 aromatic heterocycles. The first kappa shape index (κ1) is 17.6. The van der Waals surface area contributed by atoms with Crippen molar-refractivity contribution >= 4 is 37.8 Å². The second-order valence-corrected chi connectivity index (χ2v) is 7.09. The van der Waals surface area contributed by atoms with Crippen molar-refractivity contribution in [3.63, 3.8) is 0 Å². The van der Waals surface area contributed by atoms with Gasteiger partial charge in [0.1, 0.15) is 0 Å². The second kappa shape index (κ2) is 7.01. The average molecular weight is 379 g/mol. The molecule has 0 aliphatic heterocycles. The van der Waals surface area contributed by atoms with Crippen LogP contribution < -0.4 is 10.0 Å². The Balaban J connectivity index is 2.88. The smallest absolute Gasteiger partial charge is 0.335 e. The molecule has 0 saturated carbocycles. The zero-order valence-electron chi connectivity index (χ0n) is 11.4. The summed E-state index contributed by atoms with van der Waals surface area (Å²) in [6, 6.07) is 3.43. The van der Waals surface area contributed by atoms with E-state index in [1.54, 1.807) is 13.8 Å². The summed E-state index contributed by atoms with van der Waals surface area (Å²) in [5, 5.41) is 11.4. The number of hydrogen-bond donors (Lipinski definition) is 3. The Morgan fingerprint density at radius 3 is 2.43 bits per heavy atom. The molecule has 0 unspecified atom stereocenters. The lowest BCUT2D eigenvalue weighted by Gasteiger charge is -2.11. The Morgan fingerprint density at radius 2 is 1.95 bits per heavy atom. The monoisotopic (exact) mass is 378 g/mol. The molecular weight excluding hydrogens is 364 g/mol. The second-order valence-electron chi connectivity index (χ2n) is 4.50. The highest BCUT2D eigenvalue weighted by molar-refractivity contribution is 9.10. The standard InChI is InChI=1S/C12H15BrN2O5S/c1-7(2)15-11(16)6-14-21(19,20)10-4-3-8(12(17)18)5-9(10)13/h3-5,7,14H,6H2,1-2H3,(H,15,16)(H,17,18). The van der Waals surface area contributed by atoms with Gasteiger partial charge in [-0.15, -0.1) is 0 Å². The summed E-state index contributed by atoms with van der Waals surface area (Å²) in [4.78, 5) is 22.1. The summed E-state index contributed by atoms with van der Waals surface area (Å²) < 4.78 is 26.4. The van der Waals surface area contributed by atoms with Crippen LogP contribution in [0.4, 0.5) is 0 Å². The number of halogens is 1. The van der Waals surface area contributed by atoms with Gasteiger partial charge in [-0.25, -0.2) is 17.9 Å². The summed E-state index contributed by atoms with van der Waals surface area (Å²) in [6.07, 6.45) is 0. The topological polar surface area (TPSA) is 113 Å². The number of hydrogen-bond acceptors (Lipinski definition) is 4. The molecule has 0 spiro atoms. The highest BCUT2D eigenvalue weighted by atomic mass is 79.9. The van der Waals surface area contributed by atoms with E-state index in [9.17, 15) is 18.0 Å². The molecular formula is C12H15BrN2O5S. The molecule has 0 aliphatic carbocycles. The van der Waals surface area contributed by atoms with Crippen molar-refractivity contribution in [2.45, 2.75) is 24.8 Å². The third-order valence-electron chi connectivity index (χ3n) is 2.34. The fourth-order valence-corrected chi connectivity index (χ4v) is 3.52. The van der Waals surface area contributed by atoms with Crippen molar-refractivity contribution in [2.75, 3.05) is 6.54 Å². The van der Waals surface area contributed by atoms with Crippen LogP contribution in [0, 0.1) is 0 Å². The first-order chi connectivity index (χ1) is 9.63. The van der Waals surface area contributed by atoms with Gasteiger partial charge in [0.25, 0.3) is 0 Å². The molecule has 0 atom stereocenters. The van der Waals surface area contributed by atoms with E-state index < -0.39 is 28.4 Å². The van der Waals surface area contributed by atoms with E-state index in [-0.39, 0.29) is 21.0 Å². The van der Waals surface area contributed by atoms with Crippen LogP contribution in [-0.4, -0.2) is 38.0 Å². The third-order valence-corrected chi connectivity index (χ3v) is 4.72. The predicted octanol–water partition coefficient (Wildman–Crippen LogP) is 0.950. The van der Waals surface area contributed by atoms with E-state index in [0.29, 0.717) is 0 Å². The van der Waals surface area contributed by atoms with Gasteiger partial charge in [-0.2, -0.15) is 0 Å². The van der Waals surface area contributed by atoms with Gasteiger partial charge in [-0.3, -0.25) is 4.79 Å². The van der Waals surface area contributed by atoms with E-state index in [2.05, 4.69) is 26.0 Å². The molecule has 0 fully saturated rings. The lowest BCUT2D eigenvalue weighted by molar-refractivity contribution is -0.120. The molecule has 1 aromatic carbocycles. The minimum atomic E-state index is -3.91. The van der Waals surface area contributed by atoms with Gasteiger partial charge in [-0.05, 0) is 48.0 Å². The Kier molecular flexibility index (Phi) is 5.87. The van der Waals surface area contributed by atoms with Crippen molar-refractivity contribution in [3.05, 3.63) is 28.2 Å². The normalized spacial score (nSPS) is 11.4. The van der Waals surface area contributed by atoms with Crippen LogP contribution >= 0.6 is 15.9 Å². The fraction of sp³-hybridized carbons (Fsp3) is 0.333. The van der Waals surface area contributed by atoms with E-state index in [1.807, 2.05) is 0 Å². The molecule has 0 bridgehead atoms. The first-order valence-electron chi connectivity index (χ1n) is 5.95. The minimum absolute atomic E-state index is 0.0432. The van der Waals surface area contributed by atoms with Crippen LogP contribution in [0.2, 0.25) is 0 Å². The molecule has 1 amide bonds. The number of rotatable bonds is 6. The Labute approximate surface area is 130 Å². The van der Waals surface area contributed by atoms with Gasteiger partial charge in [0.2, 0.25) is 15.9 Å². The van der Waals surface area contributed by atoms with Crippen LogP contribution in [0.5, 0.6) is 0 Å². The summed E-state index contributed by atoms with van der Waals surface area (Å²) in [6.45, 7) is 3.12. The molecule has 0 saturated heterocycles. The maximum atomic E-state index is 12.1. The molecule has 21 heavy (non-hydrogen) atoms. The number of benzene rings is 1. The number of carbonyl (C=O) groups is 2. The third kappa shape index (κ3) is 5.10. The minimum Gasteiger partial charge on any atom is -0.478 e. The van der Waals surface area contributed by atoms with Gasteiger partial charge in [0.15, 0.2) is 0 Å². The number of carboxylic acids is 1. The fourth-order valence-electron chi connectivity index (χ4n) is 1.46. The predicted molar refractivity (Wildman–Crippen MR) is 79.6 cm³/mol. The van der Waals surface area contributed by atoms with Gasteiger partial charge < -0.3 is 10.4 Å². The lowest BCUT2D eigenvalue weighted by atomic mass is 10.2. The Bertz CT molecular complexity index is 658. The van der Waals surface area contributed by atoms with Crippen LogP contribution in [-0.2, 0) is 14.8 Å². The number of carboxylic acid groups (broad SMARTS) is 1. The highest BCUT2D eigenvalue weighted by Gasteiger charge is 2.20. The molecule has 116 valence electrons. The largest absolute Gasteiger partial charge is 0.478 e. The summed E-state index contributed by atoms with van der Waals surface area (Å²) in [5.74, 6) is -1.62. The van der Waals surface area contributed by atoms with Crippen molar-refractivity contribution in [1.29, 1.82) is 0 Å². The van der Waals surface area contributed by atoms with Crippen molar-refractivity contribution in [3.8, 4) is 0 Å². The SMILES string of the molecule is CC(C)NC(=O)CNS(=O)(=O)c1ccc(C(=O)O)cc1Br. The maximum absolute atomic E-state index is 12.1. The molecule has 9 heteroatoms. The summed E-state index contributed by atoms with van der Waals surface area (Å²) in [7, 11) is -3.91. The van der Waals surface area contributed by atoms with Gasteiger partial charge in [0.05, 0.1) is 17.0 Å². The van der Waals surface area contributed by atoms with Crippen LogP contribution in [0.25, 0.3) is 0 Å². The number of carbonyl (C=O) groups excluding carboxylic acids is 1. The average Bonchev–Trinajstić information content (AvgIpc) is 2.35. The van der Waals surface area contributed by atoms with Crippen LogP contribution in [0.1, 0.15) is 24.2 Å². The van der Waals surface area contributed by atoms with Crippen molar-refractivity contribution in [2.24, 2.45) is 0 Å². The zero-order valence-corrected chi connectivity index (χ0v) is 13.8. The Morgan fingerprint density at radius 1 is 1.33 bits per heavy atom. The van der Waals surface area contributed by atoms with Gasteiger partial charge in [-0.1, -0.05) is 0 Å². The molecule has 0 heterocycles. The molecule has 7 nitrogen and oxygen atoms in total. The van der Waals surface area contributed by atoms with E-state index in [0.717, 1.165) is 6.07 Å². The maximum Gasteiger partial charge on any atom is 0.335 e. The number of nitrogens with one attached hydrogen (secondary N) is 2. The van der Waals surface area contributed by atoms with Crippen molar-refractivity contribution in [1.82, 2.24) is 10.0 Å². The van der Waals surface area contributed by atoms with Crippen molar-refractivity contribution < 1.29 is 23.1 Å². The van der Waals surface area contributed by atoms with Crippen LogP contribution in [0.15, 0.2) is 27.6 Å². The molecule has 1 rings (SSSR count). The zero-order chi connectivity index (χ0) is 16.2. The first-order valence-corrected chi connectivity index (χ1v) is 8.23. The highest BCUT2D eigenvalue weighted by Crippen LogP contribution is 2.23. The lowest BCUT2D eigenvalue weighted by Crippen LogP contribution is -2.39. The number of amides is 1. The van der Waals surface area contributed by atoms with Crippen LogP contribution in [0.3, 0.4) is 0 Å². The van der Waals surface area contributed by atoms with Gasteiger partial charge in [0, 0.05) is 10.5 Å². The van der Waals surface area contributed by atoms with Gasteiger partial charge >= 0.3 is 5.97 Å². The molecule has 1 aromatic rings.